The molecule has 0 aliphatic rings. The van der Waals surface area contributed by atoms with Crippen molar-refractivity contribution in [2.45, 2.75) is 13.5 Å². The van der Waals surface area contributed by atoms with E-state index in [9.17, 15) is 0 Å². The van der Waals surface area contributed by atoms with Crippen LogP contribution in [0.15, 0.2) is 18.6 Å². The number of aryl methyl sites for hydroxylation is 2. The van der Waals surface area contributed by atoms with Crippen LogP contribution in [-0.2, 0) is 13.6 Å². The van der Waals surface area contributed by atoms with Gasteiger partial charge in [-0.2, -0.15) is 5.10 Å². The molecule has 0 aliphatic carbocycles. The van der Waals surface area contributed by atoms with E-state index in [0.717, 1.165) is 17.2 Å². The van der Waals surface area contributed by atoms with Gasteiger partial charge in [-0.15, -0.1) is 0 Å². The fourth-order valence-corrected chi connectivity index (χ4v) is 1.30. The Labute approximate surface area is 93.5 Å². The number of pyridine rings is 1. The van der Waals surface area contributed by atoms with Crippen LogP contribution in [0.25, 0.3) is 0 Å². The van der Waals surface area contributed by atoms with Gasteiger partial charge in [0.25, 0.3) is 0 Å². The van der Waals surface area contributed by atoms with E-state index in [1.54, 1.807) is 17.2 Å². The maximum Gasteiger partial charge on any atom is 0.169 e. The standard InChI is InChI=1S/C10H14N6/c1-7-3-9(12-4-8(7)11)13-5-10-14-6-16(2)15-10/h3-4,6H,5,11H2,1-2H3,(H,12,13). The first-order valence-electron chi connectivity index (χ1n) is 4.95. The van der Waals surface area contributed by atoms with Gasteiger partial charge in [0.05, 0.1) is 18.4 Å². The first kappa shape index (κ1) is 10.4. The van der Waals surface area contributed by atoms with Crippen molar-refractivity contribution in [3.8, 4) is 0 Å². The number of nitrogens with zero attached hydrogens (tertiary/aromatic N) is 4. The number of anilines is 2. The number of hydrogen-bond acceptors (Lipinski definition) is 5. The summed E-state index contributed by atoms with van der Waals surface area (Å²) in [6.07, 6.45) is 3.31. The highest BCUT2D eigenvalue weighted by molar-refractivity contribution is 5.50. The second-order valence-corrected chi connectivity index (χ2v) is 3.61. The Balaban J connectivity index is 2.02. The Kier molecular flexibility index (Phi) is 2.72. The van der Waals surface area contributed by atoms with Crippen molar-refractivity contribution in [3.05, 3.63) is 30.0 Å². The molecule has 0 saturated heterocycles. The lowest BCUT2D eigenvalue weighted by Gasteiger charge is -2.05. The highest BCUT2D eigenvalue weighted by atomic mass is 15.3. The third kappa shape index (κ3) is 2.28. The van der Waals surface area contributed by atoms with Crippen LogP contribution in [0, 0.1) is 6.92 Å². The van der Waals surface area contributed by atoms with Crippen LogP contribution in [0.2, 0.25) is 0 Å². The van der Waals surface area contributed by atoms with Gasteiger partial charge in [0.1, 0.15) is 12.1 Å². The molecule has 3 N–H and O–H groups in total. The molecule has 2 aromatic heterocycles. The zero-order chi connectivity index (χ0) is 11.5. The molecule has 2 aromatic rings. The van der Waals surface area contributed by atoms with E-state index >= 15 is 0 Å². The smallest absolute Gasteiger partial charge is 0.169 e. The molecule has 0 bridgehead atoms. The van der Waals surface area contributed by atoms with Crippen LogP contribution in [-0.4, -0.2) is 19.7 Å². The predicted octanol–water partition coefficient (Wildman–Crippen LogP) is 0.713. The Morgan fingerprint density at radius 1 is 1.44 bits per heavy atom. The maximum atomic E-state index is 5.68. The summed E-state index contributed by atoms with van der Waals surface area (Å²) in [5, 5.41) is 7.29. The summed E-state index contributed by atoms with van der Waals surface area (Å²) in [5.74, 6) is 1.51. The zero-order valence-corrected chi connectivity index (χ0v) is 9.31. The van der Waals surface area contributed by atoms with E-state index in [0.29, 0.717) is 12.2 Å². The summed E-state index contributed by atoms with van der Waals surface area (Å²) in [6, 6.07) is 1.90. The highest BCUT2D eigenvalue weighted by Crippen LogP contribution is 2.13. The van der Waals surface area contributed by atoms with E-state index < -0.39 is 0 Å². The fraction of sp³-hybridized carbons (Fsp3) is 0.300. The number of nitrogens with one attached hydrogen (secondary N) is 1. The average Bonchev–Trinajstić information content (AvgIpc) is 2.66. The second kappa shape index (κ2) is 4.18. The lowest BCUT2D eigenvalue weighted by Crippen LogP contribution is -2.04. The van der Waals surface area contributed by atoms with E-state index in [1.807, 2.05) is 20.0 Å². The number of rotatable bonds is 3. The molecule has 0 fully saturated rings. The third-order valence-corrected chi connectivity index (χ3v) is 2.23. The van der Waals surface area contributed by atoms with Crippen molar-refractivity contribution >= 4 is 11.5 Å². The van der Waals surface area contributed by atoms with Crippen LogP contribution >= 0.6 is 0 Å². The van der Waals surface area contributed by atoms with Crippen molar-refractivity contribution in [2.75, 3.05) is 11.1 Å². The van der Waals surface area contributed by atoms with Gasteiger partial charge in [-0.1, -0.05) is 0 Å². The molecular weight excluding hydrogens is 204 g/mol. The zero-order valence-electron chi connectivity index (χ0n) is 9.31. The third-order valence-electron chi connectivity index (χ3n) is 2.23. The topological polar surface area (TPSA) is 81.7 Å². The van der Waals surface area contributed by atoms with Gasteiger partial charge in [0.15, 0.2) is 5.82 Å². The first-order valence-corrected chi connectivity index (χ1v) is 4.95. The molecule has 0 unspecified atom stereocenters. The number of nitrogen functional groups attached to an aromatic ring is 1. The fourth-order valence-electron chi connectivity index (χ4n) is 1.30. The summed E-state index contributed by atoms with van der Waals surface area (Å²) < 4.78 is 1.67. The quantitative estimate of drug-likeness (QED) is 0.793. The Morgan fingerprint density at radius 2 is 2.25 bits per heavy atom. The summed E-state index contributed by atoms with van der Waals surface area (Å²) in [5.41, 5.74) is 7.38. The lowest BCUT2D eigenvalue weighted by atomic mass is 10.2. The molecule has 16 heavy (non-hydrogen) atoms. The molecule has 2 heterocycles. The Bertz CT molecular complexity index is 490. The molecule has 0 aliphatic heterocycles. The maximum absolute atomic E-state index is 5.68. The molecule has 6 heteroatoms. The van der Waals surface area contributed by atoms with Gasteiger partial charge in [-0.3, -0.25) is 4.68 Å². The van der Waals surface area contributed by atoms with Gasteiger partial charge in [0.2, 0.25) is 0 Å². The van der Waals surface area contributed by atoms with Crippen molar-refractivity contribution in [3.63, 3.8) is 0 Å². The first-order chi connectivity index (χ1) is 7.65. The summed E-state index contributed by atoms with van der Waals surface area (Å²) in [6.45, 7) is 2.50. The second-order valence-electron chi connectivity index (χ2n) is 3.61. The summed E-state index contributed by atoms with van der Waals surface area (Å²) in [4.78, 5) is 8.27. The van der Waals surface area contributed by atoms with Crippen LogP contribution < -0.4 is 11.1 Å². The summed E-state index contributed by atoms with van der Waals surface area (Å²) >= 11 is 0. The van der Waals surface area contributed by atoms with Crippen molar-refractivity contribution in [1.29, 1.82) is 0 Å². The molecule has 0 aromatic carbocycles. The molecule has 0 spiro atoms. The Morgan fingerprint density at radius 3 is 2.88 bits per heavy atom. The van der Waals surface area contributed by atoms with Crippen molar-refractivity contribution in [2.24, 2.45) is 7.05 Å². The minimum absolute atomic E-state index is 0.553. The molecule has 0 saturated carbocycles. The minimum atomic E-state index is 0.553. The van der Waals surface area contributed by atoms with Gasteiger partial charge in [-0.25, -0.2) is 9.97 Å². The van der Waals surface area contributed by atoms with Gasteiger partial charge < -0.3 is 11.1 Å². The summed E-state index contributed by atoms with van der Waals surface area (Å²) in [7, 11) is 1.84. The van der Waals surface area contributed by atoms with E-state index in [1.165, 1.54) is 0 Å². The van der Waals surface area contributed by atoms with Crippen molar-refractivity contribution in [1.82, 2.24) is 19.7 Å². The van der Waals surface area contributed by atoms with Gasteiger partial charge in [0, 0.05) is 7.05 Å². The normalized spacial score (nSPS) is 10.4. The SMILES string of the molecule is Cc1cc(NCc2ncn(C)n2)ncc1N. The van der Waals surface area contributed by atoms with Gasteiger partial charge in [-0.05, 0) is 18.6 Å². The van der Waals surface area contributed by atoms with E-state index in [-0.39, 0.29) is 0 Å². The average molecular weight is 218 g/mol. The molecular formula is C10H14N6. The molecule has 0 amide bonds. The highest BCUT2D eigenvalue weighted by Gasteiger charge is 2.01. The lowest BCUT2D eigenvalue weighted by molar-refractivity contribution is 0.747. The van der Waals surface area contributed by atoms with Crippen LogP contribution in [0.1, 0.15) is 11.4 Å². The minimum Gasteiger partial charge on any atom is -0.397 e. The van der Waals surface area contributed by atoms with E-state index in [4.69, 9.17) is 5.73 Å². The number of nitrogens with two attached hydrogens (primary N) is 1. The Hall–Kier alpha value is -2.11. The molecule has 2 rings (SSSR count). The van der Waals surface area contributed by atoms with Crippen molar-refractivity contribution < 1.29 is 0 Å². The van der Waals surface area contributed by atoms with Crippen LogP contribution in [0.3, 0.4) is 0 Å². The van der Waals surface area contributed by atoms with Crippen LogP contribution in [0.5, 0.6) is 0 Å². The van der Waals surface area contributed by atoms with Crippen LogP contribution in [0.4, 0.5) is 11.5 Å². The number of aromatic nitrogens is 4. The predicted molar refractivity (Wildman–Crippen MR) is 61.7 cm³/mol. The largest absolute Gasteiger partial charge is 0.397 e. The molecule has 6 nitrogen and oxygen atoms in total. The molecule has 0 atom stereocenters. The molecule has 0 radical (unpaired) electrons. The molecule has 84 valence electrons. The van der Waals surface area contributed by atoms with Gasteiger partial charge >= 0.3 is 0 Å². The number of hydrogen-bond donors (Lipinski definition) is 2. The monoisotopic (exact) mass is 218 g/mol. The van der Waals surface area contributed by atoms with E-state index in [2.05, 4.69) is 20.4 Å².